The van der Waals surface area contributed by atoms with Crippen molar-refractivity contribution in [3.05, 3.63) is 30.6 Å². The van der Waals surface area contributed by atoms with E-state index in [1.165, 1.54) is 11.8 Å². The van der Waals surface area contributed by atoms with E-state index >= 15 is 0 Å². The number of fused-ring (bicyclic) bond motifs is 2. The van der Waals surface area contributed by atoms with E-state index in [0.29, 0.717) is 21.8 Å². The summed E-state index contributed by atoms with van der Waals surface area (Å²) in [6, 6.07) is 7.64. The number of anilines is 1. The van der Waals surface area contributed by atoms with Gasteiger partial charge < -0.3 is 14.7 Å². The lowest BCUT2D eigenvalue weighted by atomic mass is 10.3. The number of nitrogens with one attached hydrogen (secondary N) is 2. The first kappa shape index (κ1) is 12.2. The molecule has 0 saturated heterocycles. The van der Waals surface area contributed by atoms with Gasteiger partial charge in [0.15, 0.2) is 11.2 Å². The molecule has 0 saturated carbocycles. The summed E-state index contributed by atoms with van der Waals surface area (Å²) >= 11 is 1.34. The smallest absolute Gasteiger partial charge is 0.263 e. The number of oxazole rings is 1. The number of aromatic amines is 1. The maximum absolute atomic E-state index is 5.71. The van der Waals surface area contributed by atoms with Crippen molar-refractivity contribution in [3.63, 3.8) is 0 Å². The maximum Gasteiger partial charge on any atom is 0.263 e. The van der Waals surface area contributed by atoms with E-state index in [1.54, 1.807) is 13.4 Å². The molecule has 3 aromatic heterocycles. The topological polar surface area (TPSA) is 92.5 Å². The third kappa shape index (κ3) is 2.09. The Bertz CT molecular complexity index is 898. The van der Waals surface area contributed by atoms with Gasteiger partial charge >= 0.3 is 0 Å². The van der Waals surface area contributed by atoms with Gasteiger partial charge in [0.05, 0.1) is 6.33 Å². The largest absolute Gasteiger partial charge is 0.431 e. The monoisotopic (exact) mass is 298 g/mol. The SMILES string of the molecule is CNc1nc(Sc2nc3ccccc3o2)c2[nH]cnc2n1. The van der Waals surface area contributed by atoms with Crippen molar-refractivity contribution in [2.45, 2.75) is 10.2 Å². The summed E-state index contributed by atoms with van der Waals surface area (Å²) in [5.41, 5.74) is 2.95. The number of rotatable bonds is 3. The van der Waals surface area contributed by atoms with Crippen molar-refractivity contribution in [3.8, 4) is 0 Å². The van der Waals surface area contributed by atoms with Gasteiger partial charge in [-0.15, -0.1) is 0 Å². The Kier molecular flexibility index (Phi) is 2.74. The second kappa shape index (κ2) is 4.74. The molecule has 0 aliphatic carbocycles. The molecule has 7 nitrogen and oxygen atoms in total. The van der Waals surface area contributed by atoms with Gasteiger partial charge in [-0.2, -0.15) is 4.98 Å². The maximum atomic E-state index is 5.71. The molecule has 4 rings (SSSR count). The molecule has 1 aromatic carbocycles. The average Bonchev–Trinajstić information content (AvgIpc) is 3.12. The van der Waals surface area contributed by atoms with Crippen LogP contribution in [0, 0.1) is 0 Å². The summed E-state index contributed by atoms with van der Waals surface area (Å²) in [6.07, 6.45) is 1.59. The standard InChI is InChI=1S/C13H10N6OS/c1-14-12-18-10-9(15-6-16-10)11(19-12)21-13-17-7-4-2-3-5-8(7)20-13/h2-6H,1H3,(H2,14,15,16,18,19). The molecule has 0 unspecified atom stereocenters. The molecule has 0 spiro atoms. The lowest BCUT2D eigenvalue weighted by Gasteiger charge is -2.01. The third-order valence-corrected chi connectivity index (χ3v) is 3.77. The van der Waals surface area contributed by atoms with Crippen molar-refractivity contribution in [2.75, 3.05) is 12.4 Å². The number of aromatic nitrogens is 5. The van der Waals surface area contributed by atoms with E-state index in [0.717, 1.165) is 16.6 Å². The first-order valence-corrected chi connectivity index (χ1v) is 7.07. The van der Waals surface area contributed by atoms with Gasteiger partial charge in [-0.05, 0) is 23.9 Å². The minimum Gasteiger partial charge on any atom is -0.431 e. The predicted octanol–water partition coefficient (Wildman–Crippen LogP) is 2.69. The minimum atomic E-state index is 0.508. The zero-order chi connectivity index (χ0) is 14.2. The Hall–Kier alpha value is -2.61. The molecule has 8 heteroatoms. The van der Waals surface area contributed by atoms with Crippen LogP contribution in [0.4, 0.5) is 5.95 Å². The zero-order valence-corrected chi connectivity index (χ0v) is 11.8. The molecule has 0 fully saturated rings. The number of para-hydroxylation sites is 2. The second-order valence-electron chi connectivity index (χ2n) is 4.25. The van der Waals surface area contributed by atoms with Crippen molar-refractivity contribution in [1.82, 2.24) is 24.9 Å². The molecule has 0 atom stereocenters. The molecule has 2 N–H and O–H groups in total. The summed E-state index contributed by atoms with van der Waals surface area (Å²) in [7, 11) is 1.77. The highest BCUT2D eigenvalue weighted by Gasteiger charge is 2.14. The van der Waals surface area contributed by atoms with Gasteiger partial charge in [0, 0.05) is 7.05 Å². The van der Waals surface area contributed by atoms with Crippen LogP contribution in [0.3, 0.4) is 0 Å². The predicted molar refractivity (Wildman–Crippen MR) is 79.4 cm³/mol. The van der Waals surface area contributed by atoms with E-state index in [4.69, 9.17) is 4.42 Å². The average molecular weight is 298 g/mol. The highest BCUT2D eigenvalue weighted by atomic mass is 32.2. The first-order chi connectivity index (χ1) is 10.3. The molecule has 4 aromatic rings. The number of H-pyrrole nitrogens is 1. The summed E-state index contributed by atoms with van der Waals surface area (Å²) in [5.74, 6) is 0.508. The van der Waals surface area contributed by atoms with Gasteiger partial charge in [-0.3, -0.25) is 0 Å². The van der Waals surface area contributed by atoms with Crippen molar-refractivity contribution < 1.29 is 4.42 Å². The fourth-order valence-corrected chi connectivity index (χ4v) is 2.79. The van der Waals surface area contributed by atoms with Crippen LogP contribution in [0.2, 0.25) is 0 Å². The third-order valence-electron chi connectivity index (χ3n) is 2.93. The lowest BCUT2D eigenvalue weighted by Crippen LogP contribution is -1.98. The molecule has 104 valence electrons. The molecular formula is C13H10N6OS. The quantitative estimate of drug-likeness (QED) is 0.562. The van der Waals surface area contributed by atoms with Crippen molar-refractivity contribution >= 4 is 40.0 Å². The number of hydrogen-bond donors (Lipinski definition) is 2. The van der Waals surface area contributed by atoms with Gasteiger partial charge in [0.2, 0.25) is 5.95 Å². The van der Waals surface area contributed by atoms with E-state index in [1.807, 2.05) is 24.3 Å². The highest BCUT2D eigenvalue weighted by Crippen LogP contribution is 2.32. The second-order valence-corrected chi connectivity index (χ2v) is 5.19. The summed E-state index contributed by atoms with van der Waals surface area (Å²) in [6.45, 7) is 0. The molecule has 3 heterocycles. The fourth-order valence-electron chi connectivity index (χ4n) is 1.97. The van der Waals surface area contributed by atoms with Gasteiger partial charge in [0.1, 0.15) is 16.1 Å². The first-order valence-electron chi connectivity index (χ1n) is 6.26. The van der Waals surface area contributed by atoms with Gasteiger partial charge in [-0.1, -0.05) is 12.1 Å². The number of nitrogens with zero attached hydrogens (tertiary/aromatic N) is 4. The van der Waals surface area contributed by atoms with E-state index < -0.39 is 0 Å². The Morgan fingerprint density at radius 3 is 2.95 bits per heavy atom. The number of imidazole rings is 1. The lowest BCUT2D eigenvalue weighted by molar-refractivity contribution is 0.489. The minimum absolute atomic E-state index is 0.508. The fraction of sp³-hybridized carbons (Fsp3) is 0.0769. The van der Waals surface area contributed by atoms with Crippen LogP contribution < -0.4 is 5.32 Å². The van der Waals surface area contributed by atoms with E-state index in [-0.39, 0.29) is 0 Å². The molecule has 0 aliphatic heterocycles. The molecule has 21 heavy (non-hydrogen) atoms. The highest BCUT2D eigenvalue weighted by molar-refractivity contribution is 7.99. The van der Waals surface area contributed by atoms with Crippen LogP contribution in [-0.4, -0.2) is 32.0 Å². The van der Waals surface area contributed by atoms with Gasteiger partial charge in [0.25, 0.3) is 5.22 Å². The number of benzene rings is 1. The molecule has 0 aliphatic rings. The van der Waals surface area contributed by atoms with Crippen molar-refractivity contribution in [1.29, 1.82) is 0 Å². The molecule has 0 bridgehead atoms. The molecule has 0 amide bonds. The summed E-state index contributed by atoms with van der Waals surface area (Å²) in [5, 5.41) is 4.17. The summed E-state index contributed by atoms with van der Waals surface area (Å²) < 4.78 is 5.71. The van der Waals surface area contributed by atoms with Crippen LogP contribution in [0.15, 0.2) is 45.3 Å². The van der Waals surface area contributed by atoms with Gasteiger partial charge in [-0.25, -0.2) is 15.0 Å². The Morgan fingerprint density at radius 2 is 2.10 bits per heavy atom. The summed E-state index contributed by atoms with van der Waals surface area (Å²) in [4.78, 5) is 20.3. The van der Waals surface area contributed by atoms with Crippen molar-refractivity contribution in [2.24, 2.45) is 0 Å². The Balaban J connectivity index is 1.80. The van der Waals surface area contributed by atoms with E-state index in [9.17, 15) is 0 Å². The normalized spacial score (nSPS) is 11.3. The van der Waals surface area contributed by atoms with Crippen LogP contribution in [-0.2, 0) is 0 Å². The molecule has 0 radical (unpaired) electrons. The van der Waals surface area contributed by atoms with Crippen LogP contribution in [0.25, 0.3) is 22.3 Å². The van der Waals surface area contributed by atoms with E-state index in [2.05, 4.69) is 30.2 Å². The van der Waals surface area contributed by atoms with Crippen LogP contribution >= 0.6 is 11.8 Å². The number of hydrogen-bond acceptors (Lipinski definition) is 7. The van der Waals surface area contributed by atoms with Crippen LogP contribution in [0.5, 0.6) is 0 Å². The molecular weight excluding hydrogens is 288 g/mol. The Labute approximate surface area is 123 Å². The zero-order valence-electron chi connectivity index (χ0n) is 11.0. The van der Waals surface area contributed by atoms with Crippen LogP contribution in [0.1, 0.15) is 0 Å². The Morgan fingerprint density at radius 1 is 1.19 bits per heavy atom.